The van der Waals surface area contributed by atoms with E-state index in [0.717, 1.165) is 56.9 Å². The van der Waals surface area contributed by atoms with Gasteiger partial charge < -0.3 is 4.74 Å². The maximum Gasteiger partial charge on any atom is 0.302 e. The Kier molecular flexibility index (Phi) is 10.5. The van der Waals surface area contributed by atoms with Gasteiger partial charge in [0.2, 0.25) is 0 Å². The molecule has 1 fully saturated rings. The molecule has 0 N–H and O–H groups in total. The van der Waals surface area contributed by atoms with Crippen LogP contribution in [0.2, 0.25) is 0 Å². The molecule has 2 aliphatic carbocycles. The van der Waals surface area contributed by atoms with Crippen molar-refractivity contribution in [1.29, 1.82) is 5.26 Å². The van der Waals surface area contributed by atoms with Gasteiger partial charge in [0.25, 0.3) is 0 Å². The topological polar surface area (TPSA) is 84.2 Å². The van der Waals surface area contributed by atoms with Gasteiger partial charge in [0.15, 0.2) is 11.6 Å². The van der Waals surface area contributed by atoms with E-state index >= 15 is 0 Å². The van der Waals surface area contributed by atoms with Crippen molar-refractivity contribution in [2.24, 2.45) is 38.9 Å². The van der Waals surface area contributed by atoms with Gasteiger partial charge in [-0.15, -0.1) is 0 Å². The number of fused-ring (bicyclic) bond motifs is 1. The van der Waals surface area contributed by atoms with Crippen molar-refractivity contribution in [3.63, 3.8) is 0 Å². The van der Waals surface area contributed by atoms with Crippen molar-refractivity contribution in [2.45, 2.75) is 128 Å². The van der Waals surface area contributed by atoms with E-state index in [1.807, 2.05) is 13.0 Å². The Morgan fingerprint density at radius 2 is 1.68 bits per heavy atom. The summed E-state index contributed by atoms with van der Waals surface area (Å²) >= 11 is 0. The van der Waals surface area contributed by atoms with Crippen LogP contribution < -0.4 is 0 Å². The molecule has 0 aromatic heterocycles. The molecule has 0 radical (unpaired) electrons. The van der Waals surface area contributed by atoms with E-state index in [1.54, 1.807) is 13.0 Å². The predicted octanol–water partition coefficient (Wildman–Crippen LogP) is 8.58. The Bertz CT molecular complexity index is 1090. The van der Waals surface area contributed by atoms with Crippen molar-refractivity contribution >= 4 is 17.5 Å². The van der Waals surface area contributed by atoms with Gasteiger partial charge in [-0.1, -0.05) is 80.4 Å². The number of ketones is 2. The molecule has 2 aliphatic rings. The first-order chi connectivity index (χ1) is 18.3. The molecule has 2 rings (SSSR count). The first-order valence-electron chi connectivity index (χ1n) is 15.3. The molecule has 0 bridgehead atoms. The van der Waals surface area contributed by atoms with Crippen molar-refractivity contribution in [2.75, 3.05) is 6.61 Å². The van der Waals surface area contributed by atoms with Crippen LogP contribution in [0.15, 0.2) is 23.3 Å². The summed E-state index contributed by atoms with van der Waals surface area (Å²) in [5.74, 6) is -0.535. The third-order valence-corrected chi connectivity index (χ3v) is 10.9. The number of rotatable bonds is 12. The van der Waals surface area contributed by atoms with Crippen LogP contribution in [0.1, 0.15) is 128 Å². The molecule has 0 amide bonds. The number of hydrogen-bond acceptors (Lipinski definition) is 5. The second-order valence-corrected chi connectivity index (χ2v) is 15.1. The van der Waals surface area contributed by atoms with Crippen LogP contribution in [0.25, 0.3) is 0 Å². The zero-order valence-corrected chi connectivity index (χ0v) is 27.3. The number of allylic oxidation sites excluding steroid dienone is 4. The molecule has 40 heavy (non-hydrogen) atoms. The van der Waals surface area contributed by atoms with Gasteiger partial charge in [-0.2, -0.15) is 5.26 Å². The highest BCUT2D eigenvalue weighted by atomic mass is 16.5. The SMILES string of the molecule is CCCC(C)(C)CC[C@@](C)(CCC(C)(C)[C@]1(C)CC[C@H]2[C@H](C)C(=O)C(C#N)=C[C@]2(C)/C1=C/C(C)=O)COC(C)=O. The predicted molar refractivity (Wildman–Crippen MR) is 161 cm³/mol. The molecular weight excluding hydrogens is 498 g/mol. The van der Waals surface area contributed by atoms with Crippen LogP contribution in [0.4, 0.5) is 0 Å². The molecule has 5 atom stereocenters. The number of Topliss-reactive ketones (excluding diaryl/α,β-unsaturated/α-hetero) is 1. The molecule has 0 aromatic carbocycles. The van der Waals surface area contributed by atoms with Crippen LogP contribution >= 0.6 is 0 Å². The molecule has 0 aromatic rings. The number of esters is 1. The van der Waals surface area contributed by atoms with Gasteiger partial charge in [-0.25, -0.2) is 0 Å². The maximum absolute atomic E-state index is 12.9. The quantitative estimate of drug-likeness (QED) is 0.178. The van der Waals surface area contributed by atoms with Crippen molar-refractivity contribution in [3.8, 4) is 6.07 Å². The number of nitrogens with zero attached hydrogens (tertiary/aromatic N) is 1. The van der Waals surface area contributed by atoms with Gasteiger partial charge in [0.05, 0.1) is 12.2 Å². The first-order valence-corrected chi connectivity index (χ1v) is 15.3. The summed E-state index contributed by atoms with van der Waals surface area (Å²) in [5, 5.41) is 9.79. The lowest BCUT2D eigenvalue weighted by Crippen LogP contribution is -2.52. The summed E-state index contributed by atoms with van der Waals surface area (Å²) in [7, 11) is 0. The lowest BCUT2D eigenvalue weighted by molar-refractivity contribution is -0.145. The van der Waals surface area contributed by atoms with Crippen LogP contribution in [0.3, 0.4) is 0 Å². The van der Waals surface area contributed by atoms with E-state index in [1.165, 1.54) is 6.92 Å². The number of hydrogen-bond donors (Lipinski definition) is 0. The van der Waals surface area contributed by atoms with E-state index in [0.29, 0.717) is 6.61 Å². The Labute approximate surface area is 244 Å². The van der Waals surface area contributed by atoms with Crippen molar-refractivity contribution in [3.05, 3.63) is 23.3 Å². The summed E-state index contributed by atoms with van der Waals surface area (Å²) in [5.41, 5.74) is 0.292. The summed E-state index contributed by atoms with van der Waals surface area (Å²) < 4.78 is 5.61. The molecule has 0 heterocycles. The minimum absolute atomic E-state index is 0.00628. The Morgan fingerprint density at radius 3 is 2.20 bits per heavy atom. The highest BCUT2D eigenvalue weighted by Crippen LogP contribution is 2.65. The van der Waals surface area contributed by atoms with Gasteiger partial charge in [0.1, 0.15) is 6.07 Å². The summed E-state index contributed by atoms with van der Waals surface area (Å²) in [6, 6.07) is 2.14. The lowest BCUT2D eigenvalue weighted by Gasteiger charge is -2.59. The third-order valence-electron chi connectivity index (χ3n) is 10.9. The van der Waals surface area contributed by atoms with E-state index in [2.05, 4.69) is 61.5 Å². The molecule has 0 aliphatic heterocycles. The van der Waals surface area contributed by atoms with Crippen molar-refractivity contribution in [1.82, 2.24) is 0 Å². The zero-order valence-electron chi connectivity index (χ0n) is 27.3. The second-order valence-electron chi connectivity index (χ2n) is 15.1. The Hall–Kier alpha value is -2.22. The second kappa shape index (κ2) is 12.3. The highest BCUT2D eigenvalue weighted by Gasteiger charge is 2.58. The average molecular weight is 554 g/mol. The number of carbonyl (C=O) groups is 3. The zero-order chi connectivity index (χ0) is 30.7. The molecule has 0 unspecified atom stereocenters. The lowest BCUT2D eigenvalue weighted by atomic mass is 9.44. The molecule has 5 nitrogen and oxygen atoms in total. The highest BCUT2D eigenvalue weighted by molar-refractivity contribution is 6.02. The van der Waals surface area contributed by atoms with E-state index in [-0.39, 0.29) is 56.6 Å². The van der Waals surface area contributed by atoms with E-state index in [4.69, 9.17) is 4.74 Å². The van der Waals surface area contributed by atoms with Gasteiger partial charge in [0, 0.05) is 23.7 Å². The number of carbonyl (C=O) groups excluding carboxylic acids is 3. The van der Waals surface area contributed by atoms with E-state index < -0.39 is 5.41 Å². The molecule has 5 heteroatoms. The fourth-order valence-corrected chi connectivity index (χ4v) is 7.61. The van der Waals surface area contributed by atoms with Crippen LogP contribution in [0.5, 0.6) is 0 Å². The fraction of sp³-hybridized carbons (Fsp3) is 0.771. The van der Waals surface area contributed by atoms with Gasteiger partial charge >= 0.3 is 5.97 Å². The number of ether oxygens (including phenoxy) is 1. The van der Waals surface area contributed by atoms with Gasteiger partial charge in [-0.05, 0) is 80.1 Å². The summed E-state index contributed by atoms with van der Waals surface area (Å²) in [4.78, 5) is 37.4. The Balaban J connectivity index is 2.48. The van der Waals surface area contributed by atoms with Crippen molar-refractivity contribution < 1.29 is 19.1 Å². The maximum atomic E-state index is 12.9. The minimum Gasteiger partial charge on any atom is -0.465 e. The minimum atomic E-state index is -0.542. The standard InChI is InChI=1S/C35H55NO4/c1-12-14-31(5,6)16-18-33(9,23-40-26(4)38)19-17-32(7,8)35(11)15-13-28-25(3)30(39)27(22-36)21-34(28,10)29(35)20-24(2)37/h20-21,25,28H,12-19,23H2,1-11H3/b29-20-/t25-,28-,33-,34-,35+/m0/s1. The largest absolute Gasteiger partial charge is 0.465 e. The Morgan fingerprint density at radius 1 is 1.07 bits per heavy atom. The molecule has 0 saturated heterocycles. The fourth-order valence-electron chi connectivity index (χ4n) is 7.61. The first kappa shape index (κ1) is 34.0. The average Bonchev–Trinajstić information content (AvgIpc) is 2.85. The summed E-state index contributed by atoms with van der Waals surface area (Å²) in [6.45, 7) is 23.5. The third kappa shape index (κ3) is 7.15. The monoisotopic (exact) mass is 553 g/mol. The molecular formula is C35H55NO4. The van der Waals surface area contributed by atoms with Crippen LogP contribution in [-0.4, -0.2) is 24.1 Å². The molecule has 1 saturated carbocycles. The van der Waals surface area contributed by atoms with Crippen LogP contribution in [-0.2, 0) is 19.1 Å². The molecule has 0 spiro atoms. The van der Waals surface area contributed by atoms with Crippen LogP contribution in [0, 0.1) is 50.2 Å². The van der Waals surface area contributed by atoms with Gasteiger partial charge in [-0.3, -0.25) is 14.4 Å². The smallest absolute Gasteiger partial charge is 0.302 e. The van der Waals surface area contributed by atoms with E-state index in [9.17, 15) is 19.6 Å². The normalized spacial score (nSPS) is 29.7. The molecule has 224 valence electrons. The number of nitriles is 1. The summed E-state index contributed by atoms with van der Waals surface area (Å²) in [6.07, 6.45) is 11.6.